The van der Waals surface area contributed by atoms with Crippen LogP contribution in [0.2, 0.25) is 0 Å². The molecule has 0 unspecified atom stereocenters. The Morgan fingerprint density at radius 3 is 2.63 bits per heavy atom. The number of carbonyl (C=O) groups is 3. The van der Waals surface area contributed by atoms with Gasteiger partial charge in [-0.3, -0.25) is 4.79 Å². The first-order valence-corrected chi connectivity index (χ1v) is 6.50. The predicted octanol–water partition coefficient (Wildman–Crippen LogP) is 0.113. The fourth-order valence-corrected chi connectivity index (χ4v) is 2.20. The molecular weight excluding hydrogens is 250 g/mol. The highest BCUT2D eigenvalue weighted by Crippen LogP contribution is 2.19. The summed E-state index contributed by atoms with van der Waals surface area (Å²) < 4.78 is 0. The van der Waals surface area contributed by atoms with E-state index < -0.39 is 12.0 Å². The van der Waals surface area contributed by atoms with Crippen LogP contribution in [0.1, 0.15) is 26.2 Å². The van der Waals surface area contributed by atoms with Crippen molar-refractivity contribution in [3.63, 3.8) is 0 Å². The summed E-state index contributed by atoms with van der Waals surface area (Å²) in [6.07, 6.45) is 1.87. The maximum Gasteiger partial charge on any atom is 0.326 e. The van der Waals surface area contributed by atoms with E-state index in [0.29, 0.717) is 32.4 Å². The number of likely N-dealkylation sites (N-methyl/N-ethyl adjacent to an activating group) is 1. The van der Waals surface area contributed by atoms with E-state index in [-0.39, 0.29) is 18.5 Å². The van der Waals surface area contributed by atoms with Gasteiger partial charge in [0.05, 0.1) is 0 Å². The first kappa shape index (κ1) is 15.3. The summed E-state index contributed by atoms with van der Waals surface area (Å²) in [7, 11) is 1.51. The molecule has 1 aliphatic rings. The van der Waals surface area contributed by atoms with Crippen molar-refractivity contribution in [1.29, 1.82) is 0 Å². The van der Waals surface area contributed by atoms with Crippen LogP contribution >= 0.6 is 0 Å². The molecule has 2 N–H and O–H groups in total. The van der Waals surface area contributed by atoms with E-state index >= 15 is 0 Å². The van der Waals surface area contributed by atoms with Crippen LogP contribution in [0.3, 0.4) is 0 Å². The fraction of sp³-hybridized carbons (Fsp3) is 0.750. The van der Waals surface area contributed by atoms with Crippen molar-refractivity contribution in [2.75, 3.05) is 26.7 Å². The average Bonchev–Trinajstić information content (AvgIpc) is 2.86. The Kier molecular flexibility index (Phi) is 5.59. The molecule has 1 heterocycles. The van der Waals surface area contributed by atoms with Gasteiger partial charge in [-0.2, -0.15) is 0 Å². The van der Waals surface area contributed by atoms with E-state index in [1.165, 1.54) is 16.8 Å². The molecule has 7 heteroatoms. The minimum Gasteiger partial charge on any atom is -0.480 e. The number of urea groups is 1. The van der Waals surface area contributed by atoms with Gasteiger partial charge < -0.3 is 20.2 Å². The lowest BCUT2D eigenvalue weighted by Crippen LogP contribution is -2.50. The van der Waals surface area contributed by atoms with Crippen LogP contribution in [0.5, 0.6) is 0 Å². The Labute approximate surface area is 112 Å². The molecule has 0 bridgehead atoms. The normalized spacial score (nSPS) is 18.2. The zero-order valence-corrected chi connectivity index (χ0v) is 11.4. The van der Waals surface area contributed by atoms with Crippen LogP contribution in [-0.4, -0.2) is 65.5 Å². The highest BCUT2D eigenvalue weighted by atomic mass is 16.4. The van der Waals surface area contributed by atoms with Crippen molar-refractivity contribution >= 4 is 17.9 Å². The Balaban J connectivity index is 2.75. The summed E-state index contributed by atoms with van der Waals surface area (Å²) in [6, 6.07) is -1.13. The quantitative estimate of drug-likeness (QED) is 0.743. The molecule has 1 fully saturated rings. The first-order chi connectivity index (χ1) is 9.01. The summed E-state index contributed by atoms with van der Waals surface area (Å²) in [6.45, 7) is 2.74. The van der Waals surface area contributed by atoms with Crippen LogP contribution in [0, 0.1) is 0 Å². The lowest BCUT2D eigenvalue weighted by atomic mass is 10.2. The molecule has 3 amide bonds. The molecule has 0 aromatic carbocycles. The second-order valence-corrected chi connectivity index (χ2v) is 4.57. The van der Waals surface area contributed by atoms with Crippen molar-refractivity contribution < 1.29 is 19.5 Å². The van der Waals surface area contributed by atoms with E-state index in [0.717, 1.165) is 0 Å². The van der Waals surface area contributed by atoms with E-state index in [1.54, 1.807) is 0 Å². The molecule has 1 atom stereocenters. The number of aliphatic carboxylic acids is 1. The van der Waals surface area contributed by atoms with Gasteiger partial charge >= 0.3 is 12.0 Å². The van der Waals surface area contributed by atoms with Crippen LogP contribution in [-0.2, 0) is 9.59 Å². The predicted molar refractivity (Wildman–Crippen MR) is 68.7 cm³/mol. The number of nitrogens with one attached hydrogen (secondary N) is 1. The van der Waals surface area contributed by atoms with Crippen LogP contribution < -0.4 is 5.32 Å². The Morgan fingerprint density at radius 1 is 1.42 bits per heavy atom. The standard InChI is InChI=1S/C12H21N3O4/c1-3-6-14(8-10(16)13-2)12(19)15-7-4-5-9(15)11(17)18/h9H,3-8H2,1-2H3,(H,13,16)(H,17,18)/t9-/m0/s1. The summed E-state index contributed by atoms with van der Waals surface area (Å²) >= 11 is 0. The molecule has 0 aromatic rings. The third-order valence-corrected chi connectivity index (χ3v) is 3.16. The number of carbonyl (C=O) groups excluding carboxylic acids is 2. The van der Waals surface area contributed by atoms with Gasteiger partial charge in [-0.1, -0.05) is 6.92 Å². The van der Waals surface area contributed by atoms with Gasteiger partial charge in [0.2, 0.25) is 5.91 Å². The van der Waals surface area contributed by atoms with Crippen LogP contribution in [0.25, 0.3) is 0 Å². The van der Waals surface area contributed by atoms with Crippen molar-refractivity contribution in [2.24, 2.45) is 0 Å². The molecule has 7 nitrogen and oxygen atoms in total. The van der Waals surface area contributed by atoms with E-state index in [4.69, 9.17) is 5.11 Å². The molecule has 108 valence electrons. The molecule has 0 saturated carbocycles. The van der Waals surface area contributed by atoms with Gasteiger partial charge in [0, 0.05) is 20.1 Å². The third kappa shape index (κ3) is 3.84. The van der Waals surface area contributed by atoms with Crippen molar-refractivity contribution in [2.45, 2.75) is 32.2 Å². The molecule has 0 radical (unpaired) electrons. The smallest absolute Gasteiger partial charge is 0.326 e. The summed E-state index contributed by atoms with van der Waals surface area (Å²) in [5.74, 6) is -1.24. The summed E-state index contributed by atoms with van der Waals surface area (Å²) in [5.41, 5.74) is 0. The first-order valence-electron chi connectivity index (χ1n) is 6.50. The Hall–Kier alpha value is -1.79. The average molecular weight is 271 g/mol. The molecule has 1 saturated heterocycles. The van der Waals surface area contributed by atoms with Gasteiger partial charge in [-0.15, -0.1) is 0 Å². The van der Waals surface area contributed by atoms with Crippen molar-refractivity contribution in [3.8, 4) is 0 Å². The van der Waals surface area contributed by atoms with Gasteiger partial charge in [0.25, 0.3) is 0 Å². The number of carboxylic acid groups (broad SMARTS) is 1. The number of hydrogen-bond donors (Lipinski definition) is 2. The number of amides is 3. The van der Waals surface area contributed by atoms with E-state index in [2.05, 4.69) is 5.32 Å². The topological polar surface area (TPSA) is 90.0 Å². The second kappa shape index (κ2) is 6.96. The number of rotatable bonds is 5. The maximum absolute atomic E-state index is 12.3. The molecule has 1 rings (SSSR count). The van der Waals surface area contributed by atoms with Gasteiger partial charge in [0.15, 0.2) is 0 Å². The van der Waals surface area contributed by atoms with Gasteiger partial charge in [0.1, 0.15) is 12.6 Å². The number of nitrogens with zero attached hydrogens (tertiary/aromatic N) is 2. The number of carboxylic acids is 1. The molecule has 0 aliphatic carbocycles. The summed E-state index contributed by atoms with van der Waals surface area (Å²) in [5, 5.41) is 11.5. The Morgan fingerprint density at radius 2 is 2.11 bits per heavy atom. The number of likely N-dealkylation sites (tertiary alicyclic amines) is 1. The fourth-order valence-electron chi connectivity index (χ4n) is 2.20. The number of hydrogen-bond acceptors (Lipinski definition) is 3. The monoisotopic (exact) mass is 271 g/mol. The zero-order chi connectivity index (χ0) is 14.4. The molecule has 19 heavy (non-hydrogen) atoms. The van der Waals surface area contributed by atoms with Crippen molar-refractivity contribution in [1.82, 2.24) is 15.1 Å². The molecule has 0 aromatic heterocycles. The van der Waals surface area contributed by atoms with E-state index in [1.807, 2.05) is 6.92 Å². The van der Waals surface area contributed by atoms with Crippen molar-refractivity contribution in [3.05, 3.63) is 0 Å². The molecular formula is C12H21N3O4. The second-order valence-electron chi connectivity index (χ2n) is 4.57. The SMILES string of the molecule is CCCN(CC(=O)NC)C(=O)N1CCC[C@H]1C(=O)O. The van der Waals surface area contributed by atoms with Gasteiger partial charge in [-0.25, -0.2) is 9.59 Å². The largest absolute Gasteiger partial charge is 0.480 e. The minimum atomic E-state index is -0.984. The molecule has 1 aliphatic heterocycles. The van der Waals surface area contributed by atoms with Crippen LogP contribution in [0.15, 0.2) is 0 Å². The van der Waals surface area contributed by atoms with E-state index in [9.17, 15) is 14.4 Å². The Bertz CT molecular complexity index is 359. The minimum absolute atomic E-state index is 0.0357. The highest BCUT2D eigenvalue weighted by molar-refractivity contribution is 5.87. The van der Waals surface area contributed by atoms with Gasteiger partial charge in [-0.05, 0) is 19.3 Å². The lowest BCUT2D eigenvalue weighted by Gasteiger charge is -2.29. The highest BCUT2D eigenvalue weighted by Gasteiger charge is 2.36. The maximum atomic E-state index is 12.3. The summed E-state index contributed by atoms with van der Waals surface area (Å²) in [4.78, 5) is 37.5. The van der Waals surface area contributed by atoms with Crippen LogP contribution in [0.4, 0.5) is 4.79 Å². The molecule has 0 spiro atoms. The zero-order valence-electron chi connectivity index (χ0n) is 11.4. The third-order valence-electron chi connectivity index (χ3n) is 3.16. The lowest BCUT2D eigenvalue weighted by molar-refractivity contribution is -0.141.